The van der Waals surface area contributed by atoms with Gasteiger partial charge in [-0.05, 0) is 24.1 Å². The fourth-order valence-electron chi connectivity index (χ4n) is 4.01. The quantitative estimate of drug-likeness (QED) is 0.884. The van der Waals surface area contributed by atoms with Gasteiger partial charge in [0.2, 0.25) is 0 Å². The third-order valence-electron chi connectivity index (χ3n) is 5.13. The number of ether oxygens (including phenoxy) is 1. The molecule has 1 aromatic rings. The van der Waals surface area contributed by atoms with E-state index in [1.165, 1.54) is 48.2 Å². The zero-order valence-corrected chi connectivity index (χ0v) is 14.6. The molecule has 3 heterocycles. The van der Waals surface area contributed by atoms with Gasteiger partial charge in [-0.2, -0.15) is 0 Å². The predicted octanol–water partition coefficient (Wildman–Crippen LogP) is 1.86. The van der Waals surface area contributed by atoms with Gasteiger partial charge in [0.1, 0.15) is 5.75 Å². The van der Waals surface area contributed by atoms with E-state index >= 15 is 0 Å². The molecule has 22 heavy (non-hydrogen) atoms. The summed E-state index contributed by atoms with van der Waals surface area (Å²) in [6.45, 7) is 8.94. The Balaban J connectivity index is 1.42. The molecule has 1 unspecified atom stereocenters. The molecule has 0 spiro atoms. The van der Waals surface area contributed by atoms with E-state index in [0.29, 0.717) is 0 Å². The summed E-state index contributed by atoms with van der Waals surface area (Å²) in [4.78, 5) is 5.26. The first kappa shape index (κ1) is 14.9. The molecule has 4 rings (SSSR count). The van der Waals surface area contributed by atoms with Crippen molar-refractivity contribution < 1.29 is 4.74 Å². The lowest BCUT2D eigenvalue weighted by Crippen LogP contribution is -2.49. The first-order valence-corrected chi connectivity index (χ1v) is 9.20. The highest BCUT2D eigenvalue weighted by Gasteiger charge is 2.29. The Morgan fingerprint density at radius 3 is 2.95 bits per heavy atom. The number of nitrogens with one attached hydrogen (secondary N) is 1. The highest BCUT2D eigenvalue weighted by atomic mass is 79.9. The van der Waals surface area contributed by atoms with Crippen LogP contribution >= 0.6 is 15.9 Å². The SMILES string of the molecule is Brc1cc2c(c(CN3CCC(N4CCNCC4)C3)c1)OCC2. The van der Waals surface area contributed by atoms with Crippen molar-refractivity contribution in [3.05, 3.63) is 27.7 Å². The summed E-state index contributed by atoms with van der Waals surface area (Å²) in [6.07, 6.45) is 2.35. The molecule has 4 nitrogen and oxygen atoms in total. The number of likely N-dealkylation sites (tertiary alicyclic amines) is 1. The topological polar surface area (TPSA) is 27.7 Å². The minimum atomic E-state index is 0.739. The van der Waals surface area contributed by atoms with Gasteiger partial charge in [0.05, 0.1) is 6.61 Å². The second-order valence-electron chi connectivity index (χ2n) is 6.62. The van der Waals surface area contributed by atoms with Crippen LogP contribution in [-0.2, 0) is 13.0 Å². The number of hydrogen-bond acceptors (Lipinski definition) is 4. The van der Waals surface area contributed by atoms with Crippen LogP contribution in [0.3, 0.4) is 0 Å². The molecular formula is C17H24BrN3O. The van der Waals surface area contributed by atoms with E-state index in [2.05, 4.69) is 43.2 Å². The van der Waals surface area contributed by atoms with Gasteiger partial charge in [-0.25, -0.2) is 0 Å². The molecule has 1 N–H and O–H groups in total. The van der Waals surface area contributed by atoms with Crippen LogP contribution in [-0.4, -0.2) is 61.7 Å². The molecule has 1 atom stereocenters. The lowest BCUT2D eigenvalue weighted by molar-refractivity contribution is 0.170. The Morgan fingerprint density at radius 2 is 2.09 bits per heavy atom. The van der Waals surface area contributed by atoms with Crippen LogP contribution in [0.2, 0.25) is 0 Å². The zero-order chi connectivity index (χ0) is 14.9. The first-order chi connectivity index (χ1) is 10.8. The van der Waals surface area contributed by atoms with E-state index in [1.807, 2.05) is 0 Å². The average molecular weight is 366 g/mol. The Kier molecular flexibility index (Phi) is 4.40. The molecule has 2 saturated heterocycles. The largest absolute Gasteiger partial charge is 0.493 e. The maximum absolute atomic E-state index is 5.87. The number of piperazine rings is 1. The number of hydrogen-bond donors (Lipinski definition) is 1. The van der Waals surface area contributed by atoms with E-state index in [1.54, 1.807) is 0 Å². The van der Waals surface area contributed by atoms with E-state index < -0.39 is 0 Å². The van der Waals surface area contributed by atoms with Gasteiger partial charge in [0, 0.05) is 68.3 Å². The number of halogens is 1. The van der Waals surface area contributed by atoms with Gasteiger partial charge in [-0.15, -0.1) is 0 Å². The monoisotopic (exact) mass is 365 g/mol. The molecular weight excluding hydrogens is 342 g/mol. The standard InChI is InChI=1S/C17H24BrN3O/c18-15-9-13-2-8-22-17(13)14(10-15)11-20-5-1-16(12-20)21-6-3-19-4-7-21/h9-10,16,19H,1-8,11-12H2. The number of rotatable bonds is 3. The smallest absolute Gasteiger partial charge is 0.127 e. The lowest BCUT2D eigenvalue weighted by atomic mass is 10.1. The Labute approximate surface area is 140 Å². The Hall–Kier alpha value is -0.620. The lowest BCUT2D eigenvalue weighted by Gasteiger charge is -2.32. The summed E-state index contributed by atoms with van der Waals surface area (Å²) in [5.41, 5.74) is 2.71. The third-order valence-corrected chi connectivity index (χ3v) is 5.59. The van der Waals surface area contributed by atoms with E-state index in [-0.39, 0.29) is 0 Å². The molecule has 0 saturated carbocycles. The molecule has 2 fully saturated rings. The molecule has 1 aromatic carbocycles. The van der Waals surface area contributed by atoms with Gasteiger partial charge in [-0.3, -0.25) is 9.80 Å². The van der Waals surface area contributed by atoms with Gasteiger partial charge >= 0.3 is 0 Å². The van der Waals surface area contributed by atoms with Gasteiger partial charge in [-0.1, -0.05) is 15.9 Å². The minimum absolute atomic E-state index is 0.739. The minimum Gasteiger partial charge on any atom is -0.493 e. The van der Waals surface area contributed by atoms with Crippen LogP contribution in [0.5, 0.6) is 5.75 Å². The fraction of sp³-hybridized carbons (Fsp3) is 0.647. The molecule has 5 heteroatoms. The third kappa shape index (κ3) is 3.04. The van der Waals surface area contributed by atoms with Crippen molar-refractivity contribution in [2.75, 3.05) is 45.9 Å². The fourth-order valence-corrected chi connectivity index (χ4v) is 4.56. The van der Waals surface area contributed by atoms with Crippen LogP contribution in [0.4, 0.5) is 0 Å². The summed E-state index contributed by atoms with van der Waals surface area (Å²) < 4.78 is 7.06. The Morgan fingerprint density at radius 1 is 1.23 bits per heavy atom. The number of fused-ring (bicyclic) bond motifs is 1. The molecule has 0 radical (unpaired) electrons. The number of benzene rings is 1. The van der Waals surface area contributed by atoms with Gasteiger partial charge < -0.3 is 10.1 Å². The average Bonchev–Trinajstić information content (AvgIpc) is 3.17. The summed E-state index contributed by atoms with van der Waals surface area (Å²) in [5.74, 6) is 1.15. The van der Waals surface area contributed by atoms with Crippen molar-refractivity contribution in [3.8, 4) is 5.75 Å². The van der Waals surface area contributed by atoms with Crippen molar-refractivity contribution in [2.24, 2.45) is 0 Å². The maximum atomic E-state index is 5.87. The van der Waals surface area contributed by atoms with E-state index in [0.717, 1.165) is 44.5 Å². The molecule has 0 bridgehead atoms. The highest BCUT2D eigenvalue weighted by Crippen LogP contribution is 2.34. The van der Waals surface area contributed by atoms with Crippen molar-refractivity contribution in [1.29, 1.82) is 0 Å². The second kappa shape index (κ2) is 6.48. The summed E-state index contributed by atoms with van der Waals surface area (Å²) >= 11 is 3.65. The Bertz CT molecular complexity index is 545. The molecule has 3 aliphatic heterocycles. The normalized spacial score (nSPS) is 26.1. The first-order valence-electron chi connectivity index (χ1n) is 8.41. The van der Waals surface area contributed by atoms with E-state index in [4.69, 9.17) is 4.74 Å². The van der Waals surface area contributed by atoms with Gasteiger partial charge in [0.15, 0.2) is 0 Å². The number of nitrogens with zero attached hydrogens (tertiary/aromatic N) is 2. The van der Waals surface area contributed by atoms with Crippen LogP contribution in [0.15, 0.2) is 16.6 Å². The molecule has 0 aliphatic carbocycles. The van der Waals surface area contributed by atoms with Crippen molar-refractivity contribution in [3.63, 3.8) is 0 Å². The molecule has 3 aliphatic rings. The van der Waals surface area contributed by atoms with Crippen molar-refractivity contribution in [2.45, 2.75) is 25.4 Å². The molecule has 120 valence electrons. The van der Waals surface area contributed by atoms with Gasteiger partial charge in [0.25, 0.3) is 0 Å². The van der Waals surface area contributed by atoms with Crippen molar-refractivity contribution in [1.82, 2.24) is 15.1 Å². The van der Waals surface area contributed by atoms with Crippen molar-refractivity contribution >= 4 is 15.9 Å². The molecule has 0 aromatic heterocycles. The van der Waals surface area contributed by atoms with Crippen LogP contribution < -0.4 is 10.1 Å². The maximum Gasteiger partial charge on any atom is 0.127 e. The van der Waals surface area contributed by atoms with Crippen LogP contribution in [0.25, 0.3) is 0 Å². The summed E-state index contributed by atoms with van der Waals surface area (Å²) in [6, 6.07) is 5.19. The summed E-state index contributed by atoms with van der Waals surface area (Å²) in [7, 11) is 0. The molecule has 0 amide bonds. The predicted molar refractivity (Wildman–Crippen MR) is 91.5 cm³/mol. The second-order valence-corrected chi connectivity index (χ2v) is 7.53. The van der Waals surface area contributed by atoms with Crippen LogP contribution in [0.1, 0.15) is 17.5 Å². The van der Waals surface area contributed by atoms with E-state index in [9.17, 15) is 0 Å². The zero-order valence-electron chi connectivity index (χ0n) is 13.0. The summed E-state index contributed by atoms with van der Waals surface area (Å²) in [5, 5.41) is 3.45. The van der Waals surface area contributed by atoms with Crippen LogP contribution in [0, 0.1) is 0 Å². The highest BCUT2D eigenvalue weighted by molar-refractivity contribution is 9.10.